The molecule has 2 saturated heterocycles. The lowest BCUT2D eigenvalue weighted by Crippen LogP contribution is -2.60. The molecule has 0 aromatic carbocycles. The number of hydrogen-bond donors (Lipinski definition) is 4. The maximum absolute atomic E-state index is 10.5. The number of hydrogen-bond acceptors (Lipinski definition) is 7. The summed E-state index contributed by atoms with van der Waals surface area (Å²) in [4.78, 5) is 0. The molecule has 0 radical (unpaired) electrons. The predicted molar refractivity (Wildman–Crippen MR) is 154 cm³/mol. The largest absolute Gasteiger partial charge is 0.394 e. The third kappa shape index (κ3) is 4.37. The van der Waals surface area contributed by atoms with Crippen molar-refractivity contribution >= 4 is 0 Å². The molecule has 0 aromatic heterocycles. The van der Waals surface area contributed by atoms with Gasteiger partial charge in [-0.3, -0.25) is 0 Å². The van der Waals surface area contributed by atoms with Gasteiger partial charge in [0, 0.05) is 6.61 Å². The molecule has 7 heteroatoms. The molecule has 234 valence electrons. The quantitative estimate of drug-likeness (QED) is 0.372. The summed E-state index contributed by atoms with van der Waals surface area (Å²) in [7, 11) is 0. The van der Waals surface area contributed by atoms with E-state index in [0.29, 0.717) is 28.6 Å². The summed E-state index contributed by atoms with van der Waals surface area (Å²) in [6.45, 7) is 10.7. The van der Waals surface area contributed by atoms with E-state index in [2.05, 4.69) is 27.7 Å². The van der Waals surface area contributed by atoms with Crippen LogP contribution >= 0.6 is 0 Å². The van der Waals surface area contributed by atoms with E-state index in [1.807, 2.05) is 0 Å². The van der Waals surface area contributed by atoms with Crippen molar-refractivity contribution in [1.29, 1.82) is 0 Å². The third-order valence-corrected chi connectivity index (χ3v) is 14.7. The Morgan fingerprint density at radius 2 is 1.61 bits per heavy atom. The Morgan fingerprint density at radius 1 is 0.829 bits per heavy atom. The first-order chi connectivity index (χ1) is 19.5. The number of fused-ring (bicyclic) bond motifs is 7. The zero-order valence-corrected chi connectivity index (χ0v) is 25.8. The summed E-state index contributed by atoms with van der Waals surface area (Å²) in [5.74, 6) is 6.09. The molecule has 7 fully saturated rings. The van der Waals surface area contributed by atoms with Gasteiger partial charge < -0.3 is 34.6 Å². The third-order valence-electron chi connectivity index (χ3n) is 14.7. The van der Waals surface area contributed by atoms with Crippen LogP contribution in [0.15, 0.2) is 0 Å². The minimum absolute atomic E-state index is 0.0407. The number of aliphatic hydroxyl groups excluding tert-OH is 4. The van der Waals surface area contributed by atoms with E-state index in [0.717, 1.165) is 55.5 Å². The van der Waals surface area contributed by atoms with Gasteiger partial charge in [-0.2, -0.15) is 0 Å². The Morgan fingerprint density at radius 3 is 2.34 bits per heavy atom. The van der Waals surface area contributed by atoms with Crippen molar-refractivity contribution in [2.24, 2.45) is 58.2 Å². The molecule has 0 aromatic rings. The van der Waals surface area contributed by atoms with Crippen LogP contribution in [0, 0.1) is 58.2 Å². The van der Waals surface area contributed by atoms with Crippen LogP contribution < -0.4 is 0 Å². The fourth-order valence-electron chi connectivity index (χ4n) is 12.5. The summed E-state index contributed by atoms with van der Waals surface area (Å²) >= 11 is 0. The van der Waals surface area contributed by atoms with Crippen LogP contribution in [-0.2, 0) is 14.2 Å². The summed E-state index contributed by atoms with van der Waals surface area (Å²) in [5, 5.41) is 40.5. The SMILES string of the molecule is C[C@@H]1CC[C@]2(C[C@H]3C[C@H]4[C@@H]5CC[C@H]6C[C@@H](O[C@@H]7O[C@H](CO)[C@@H](O)[C@H](O)[C@H]7O)CC[C@]6(C)[C@H]5CC[C@]4(C)[C@H]3[C@@H]2C)OC1. The molecule has 2 heterocycles. The Kier molecular flexibility index (Phi) is 7.46. The van der Waals surface area contributed by atoms with Crippen molar-refractivity contribution in [3.8, 4) is 0 Å². The first kappa shape index (κ1) is 29.4. The van der Waals surface area contributed by atoms with E-state index in [4.69, 9.17) is 14.2 Å². The second-order valence-electron chi connectivity index (χ2n) is 16.5. The van der Waals surface area contributed by atoms with Crippen molar-refractivity contribution in [2.45, 2.75) is 141 Å². The molecule has 0 bridgehead atoms. The number of rotatable bonds is 3. The standard InChI is InChI=1S/C34H56O7/c1-18-7-12-34(39-17-18)15-20-13-25-23-6-5-21-14-22(40-31-30(38)29(37)28(36)26(16-35)41-31)8-10-32(21,3)24(23)9-11-33(25,4)27(20)19(34)2/h18-31,35-38H,5-17H2,1-4H3/t18-,19+,20-,21+,22+,23-,24+,25+,26-,27+,28-,29+,30-,31-,32+,33+,34-/m1/s1. The van der Waals surface area contributed by atoms with Gasteiger partial charge in [0.05, 0.1) is 18.3 Å². The van der Waals surface area contributed by atoms with Gasteiger partial charge in [0.1, 0.15) is 24.4 Å². The lowest BCUT2D eigenvalue weighted by atomic mass is 9.44. The summed E-state index contributed by atoms with van der Waals surface area (Å²) < 4.78 is 18.7. The summed E-state index contributed by atoms with van der Waals surface area (Å²) in [5.41, 5.74) is 0.927. The smallest absolute Gasteiger partial charge is 0.186 e. The zero-order valence-electron chi connectivity index (χ0n) is 25.8. The average molecular weight is 577 g/mol. The number of aliphatic hydroxyl groups is 4. The Balaban J connectivity index is 1.03. The molecule has 0 amide bonds. The minimum atomic E-state index is -1.39. The van der Waals surface area contributed by atoms with Gasteiger partial charge in [-0.25, -0.2) is 0 Å². The molecule has 7 nitrogen and oxygen atoms in total. The van der Waals surface area contributed by atoms with Gasteiger partial charge in [0.2, 0.25) is 0 Å². The van der Waals surface area contributed by atoms with Gasteiger partial charge in [0.25, 0.3) is 0 Å². The Labute approximate surface area is 246 Å². The molecule has 2 aliphatic heterocycles. The molecule has 17 atom stereocenters. The maximum atomic E-state index is 10.5. The molecular formula is C34H56O7. The van der Waals surface area contributed by atoms with Crippen molar-refractivity contribution in [3.63, 3.8) is 0 Å². The predicted octanol–water partition coefficient (Wildman–Crippen LogP) is 4.28. The molecule has 1 spiro atoms. The first-order valence-corrected chi connectivity index (χ1v) is 17.1. The van der Waals surface area contributed by atoms with Crippen LogP contribution in [-0.4, -0.2) is 76.1 Å². The van der Waals surface area contributed by atoms with Gasteiger partial charge in [0.15, 0.2) is 6.29 Å². The van der Waals surface area contributed by atoms with Gasteiger partial charge in [-0.05, 0) is 129 Å². The highest BCUT2D eigenvalue weighted by Crippen LogP contribution is 2.73. The van der Waals surface area contributed by atoms with Gasteiger partial charge in [-0.15, -0.1) is 0 Å². The molecule has 4 N–H and O–H groups in total. The van der Waals surface area contributed by atoms with Crippen LogP contribution in [0.25, 0.3) is 0 Å². The molecule has 7 rings (SSSR count). The normalized spacial score (nSPS) is 60.3. The minimum Gasteiger partial charge on any atom is -0.394 e. The zero-order chi connectivity index (χ0) is 28.9. The molecule has 5 aliphatic carbocycles. The molecule has 5 saturated carbocycles. The molecular weight excluding hydrogens is 520 g/mol. The van der Waals surface area contributed by atoms with Crippen LogP contribution in [0.4, 0.5) is 0 Å². The molecule has 0 unspecified atom stereocenters. The van der Waals surface area contributed by atoms with E-state index >= 15 is 0 Å². The van der Waals surface area contributed by atoms with E-state index < -0.39 is 37.3 Å². The highest BCUT2D eigenvalue weighted by atomic mass is 16.7. The topological polar surface area (TPSA) is 109 Å². The first-order valence-electron chi connectivity index (χ1n) is 17.1. The van der Waals surface area contributed by atoms with Crippen molar-refractivity contribution in [1.82, 2.24) is 0 Å². The second kappa shape index (κ2) is 10.4. The Hall–Kier alpha value is -0.280. The molecule has 7 aliphatic rings. The Bertz CT molecular complexity index is 965. The van der Waals surface area contributed by atoms with E-state index in [-0.39, 0.29) is 11.7 Å². The van der Waals surface area contributed by atoms with Crippen molar-refractivity contribution < 1.29 is 34.6 Å². The molecule has 41 heavy (non-hydrogen) atoms. The van der Waals surface area contributed by atoms with Crippen molar-refractivity contribution in [3.05, 3.63) is 0 Å². The van der Waals surface area contributed by atoms with E-state index in [9.17, 15) is 20.4 Å². The van der Waals surface area contributed by atoms with Gasteiger partial charge in [-0.1, -0.05) is 27.7 Å². The summed E-state index contributed by atoms with van der Waals surface area (Å²) in [6, 6.07) is 0. The van der Waals surface area contributed by atoms with E-state index in [1.165, 1.54) is 51.4 Å². The lowest BCUT2D eigenvalue weighted by Gasteiger charge is -2.61. The average Bonchev–Trinajstić information content (AvgIpc) is 3.40. The monoisotopic (exact) mass is 576 g/mol. The van der Waals surface area contributed by atoms with E-state index in [1.54, 1.807) is 0 Å². The van der Waals surface area contributed by atoms with Gasteiger partial charge >= 0.3 is 0 Å². The van der Waals surface area contributed by atoms with Crippen LogP contribution in [0.2, 0.25) is 0 Å². The number of ether oxygens (including phenoxy) is 3. The summed E-state index contributed by atoms with van der Waals surface area (Å²) in [6.07, 6.45) is 7.56. The lowest BCUT2D eigenvalue weighted by molar-refractivity contribution is -0.316. The second-order valence-corrected chi connectivity index (χ2v) is 16.5. The van der Waals surface area contributed by atoms with Crippen LogP contribution in [0.1, 0.15) is 98.3 Å². The van der Waals surface area contributed by atoms with Crippen LogP contribution in [0.5, 0.6) is 0 Å². The van der Waals surface area contributed by atoms with Crippen molar-refractivity contribution in [2.75, 3.05) is 13.2 Å². The fraction of sp³-hybridized carbons (Fsp3) is 1.00. The highest BCUT2D eigenvalue weighted by Gasteiger charge is 2.68. The fourth-order valence-corrected chi connectivity index (χ4v) is 12.5. The van der Waals surface area contributed by atoms with Crippen LogP contribution in [0.3, 0.4) is 0 Å². The highest BCUT2D eigenvalue weighted by molar-refractivity contribution is 5.17. The maximum Gasteiger partial charge on any atom is 0.186 e.